The van der Waals surface area contributed by atoms with Crippen LogP contribution in [0.2, 0.25) is 0 Å². The summed E-state index contributed by atoms with van der Waals surface area (Å²) in [6.07, 6.45) is 0.430. The Balaban J connectivity index is 1.73. The van der Waals surface area contributed by atoms with Crippen molar-refractivity contribution in [1.29, 1.82) is 0 Å². The molecule has 4 aromatic rings. The third-order valence-electron chi connectivity index (χ3n) is 6.11. The lowest BCUT2D eigenvalue weighted by Crippen LogP contribution is -2.29. The molecular formula is C29H30N4O4. The molecule has 0 radical (unpaired) electrons. The van der Waals surface area contributed by atoms with Gasteiger partial charge < -0.3 is 24.6 Å². The predicted octanol–water partition coefficient (Wildman–Crippen LogP) is 4.74. The summed E-state index contributed by atoms with van der Waals surface area (Å²) in [4.78, 5) is 36.0. The van der Waals surface area contributed by atoms with Crippen molar-refractivity contribution in [3.05, 3.63) is 89.5 Å². The van der Waals surface area contributed by atoms with Crippen molar-refractivity contribution in [3.63, 3.8) is 0 Å². The lowest BCUT2D eigenvalue weighted by molar-refractivity contribution is -0.118. The molecule has 0 aliphatic carbocycles. The minimum Gasteiger partial charge on any atom is -0.494 e. The summed E-state index contributed by atoms with van der Waals surface area (Å²) in [7, 11) is 6.97. The highest BCUT2D eigenvalue weighted by molar-refractivity contribution is 6.22. The van der Waals surface area contributed by atoms with Gasteiger partial charge in [-0.15, -0.1) is 0 Å². The van der Waals surface area contributed by atoms with E-state index in [9.17, 15) is 14.7 Å². The molecule has 3 aromatic carbocycles. The first-order valence-electron chi connectivity index (χ1n) is 11.9. The van der Waals surface area contributed by atoms with E-state index in [4.69, 9.17) is 9.73 Å². The number of aromatic nitrogens is 1. The smallest absolute Gasteiger partial charge is 0.337 e. The molecule has 37 heavy (non-hydrogen) atoms. The Labute approximate surface area is 215 Å². The van der Waals surface area contributed by atoms with Crippen LogP contribution >= 0.6 is 0 Å². The van der Waals surface area contributed by atoms with Gasteiger partial charge in [0.2, 0.25) is 5.91 Å². The maximum absolute atomic E-state index is 12.5. The predicted molar refractivity (Wildman–Crippen MR) is 146 cm³/mol. The average molecular weight is 499 g/mol. The highest BCUT2D eigenvalue weighted by Crippen LogP contribution is 2.32. The molecule has 0 unspecified atom stereocenters. The Bertz CT molecular complexity index is 1440. The molecule has 8 heteroatoms. The van der Waals surface area contributed by atoms with Gasteiger partial charge in [-0.1, -0.05) is 36.4 Å². The van der Waals surface area contributed by atoms with E-state index in [0.717, 1.165) is 16.6 Å². The normalized spacial score (nSPS) is 11.6. The maximum atomic E-state index is 12.5. The minimum absolute atomic E-state index is 0.0324. The zero-order chi connectivity index (χ0) is 26.5. The maximum Gasteiger partial charge on any atom is 0.337 e. The number of rotatable bonds is 8. The number of carbonyl (C=O) groups excluding carboxylic acids is 2. The van der Waals surface area contributed by atoms with Crippen molar-refractivity contribution < 1.29 is 19.4 Å². The van der Waals surface area contributed by atoms with Crippen LogP contribution < -0.4 is 4.90 Å². The molecule has 0 atom stereocenters. The number of anilines is 1. The Morgan fingerprint density at radius 2 is 1.65 bits per heavy atom. The van der Waals surface area contributed by atoms with Crippen molar-refractivity contribution in [1.82, 2.24) is 9.88 Å². The molecular weight excluding hydrogens is 468 g/mol. The standard InChI is InChI=1S/C29H30N4O4/c1-32(2)17-16-25(34)33(3)22-13-11-21(12-14-22)30-27(19-8-6-5-7-9-19)26-23-15-10-20(29(36)37-4)18-24(23)31-28(26)35/h5-15,18,31,35H,16-17H2,1-4H3. The van der Waals surface area contributed by atoms with Gasteiger partial charge in [0.05, 0.1) is 29.6 Å². The summed E-state index contributed by atoms with van der Waals surface area (Å²) < 4.78 is 4.82. The third kappa shape index (κ3) is 5.70. The molecule has 8 nitrogen and oxygen atoms in total. The number of aromatic hydroxyl groups is 1. The first-order chi connectivity index (χ1) is 17.8. The second-order valence-corrected chi connectivity index (χ2v) is 8.95. The molecule has 0 fully saturated rings. The van der Waals surface area contributed by atoms with Crippen LogP contribution in [-0.2, 0) is 9.53 Å². The fourth-order valence-electron chi connectivity index (χ4n) is 4.04. The van der Waals surface area contributed by atoms with Gasteiger partial charge in [-0.3, -0.25) is 4.79 Å². The van der Waals surface area contributed by atoms with E-state index in [2.05, 4.69) is 4.98 Å². The number of amides is 1. The van der Waals surface area contributed by atoms with Crippen LogP contribution in [0.3, 0.4) is 0 Å². The van der Waals surface area contributed by atoms with Gasteiger partial charge in [0.25, 0.3) is 0 Å². The molecule has 0 saturated heterocycles. The number of H-pyrrole nitrogens is 1. The van der Waals surface area contributed by atoms with Crippen LogP contribution in [0.15, 0.2) is 77.8 Å². The number of carbonyl (C=O) groups is 2. The van der Waals surface area contributed by atoms with E-state index in [1.54, 1.807) is 30.1 Å². The summed E-state index contributed by atoms with van der Waals surface area (Å²) >= 11 is 0. The number of nitrogens with zero attached hydrogens (tertiary/aromatic N) is 3. The molecule has 2 N–H and O–H groups in total. The van der Waals surface area contributed by atoms with Crippen molar-refractivity contribution in [2.24, 2.45) is 4.99 Å². The van der Waals surface area contributed by atoms with E-state index in [1.165, 1.54) is 7.11 Å². The van der Waals surface area contributed by atoms with Crippen molar-refractivity contribution in [2.45, 2.75) is 6.42 Å². The Morgan fingerprint density at radius 1 is 0.946 bits per heavy atom. The number of esters is 1. The van der Waals surface area contributed by atoms with E-state index in [0.29, 0.717) is 41.0 Å². The average Bonchev–Trinajstić information content (AvgIpc) is 3.24. The van der Waals surface area contributed by atoms with Gasteiger partial charge in [-0.25, -0.2) is 9.79 Å². The summed E-state index contributed by atoms with van der Waals surface area (Å²) in [6.45, 7) is 0.682. The topological polar surface area (TPSA) is 98.2 Å². The van der Waals surface area contributed by atoms with Gasteiger partial charge in [0.1, 0.15) is 0 Å². The Hall–Kier alpha value is -4.43. The number of fused-ring (bicyclic) bond motifs is 1. The number of aliphatic imine (C=N–C) groups is 1. The number of methoxy groups -OCH3 is 1. The van der Waals surface area contributed by atoms with Crippen molar-refractivity contribution in [2.75, 3.05) is 39.7 Å². The molecule has 1 aromatic heterocycles. The number of benzene rings is 3. The third-order valence-corrected chi connectivity index (χ3v) is 6.11. The Kier molecular flexibility index (Phi) is 7.69. The lowest BCUT2D eigenvalue weighted by Gasteiger charge is -2.19. The first-order valence-corrected chi connectivity index (χ1v) is 11.9. The van der Waals surface area contributed by atoms with E-state index >= 15 is 0 Å². The van der Waals surface area contributed by atoms with Crippen LogP contribution in [0, 0.1) is 0 Å². The summed E-state index contributed by atoms with van der Waals surface area (Å²) in [5, 5.41) is 11.6. The molecule has 0 aliphatic rings. The molecule has 4 rings (SSSR count). The minimum atomic E-state index is -0.459. The molecule has 0 saturated carbocycles. The second kappa shape index (κ2) is 11.1. The lowest BCUT2D eigenvalue weighted by atomic mass is 10.00. The van der Waals surface area contributed by atoms with Gasteiger partial charge in [0.15, 0.2) is 5.88 Å². The zero-order valence-electron chi connectivity index (χ0n) is 21.4. The van der Waals surface area contributed by atoms with Gasteiger partial charge in [-0.05, 0) is 50.5 Å². The quantitative estimate of drug-likeness (QED) is 0.270. The monoisotopic (exact) mass is 498 g/mol. The number of aromatic amines is 1. The second-order valence-electron chi connectivity index (χ2n) is 8.95. The zero-order valence-corrected chi connectivity index (χ0v) is 21.4. The highest BCUT2D eigenvalue weighted by Gasteiger charge is 2.20. The van der Waals surface area contributed by atoms with Crippen LogP contribution in [0.25, 0.3) is 10.9 Å². The molecule has 1 amide bonds. The summed E-state index contributed by atoms with van der Waals surface area (Å²) in [5.41, 5.74) is 4.31. The van der Waals surface area contributed by atoms with Crippen molar-refractivity contribution in [3.8, 4) is 5.88 Å². The highest BCUT2D eigenvalue weighted by atomic mass is 16.5. The van der Waals surface area contributed by atoms with Gasteiger partial charge in [0, 0.05) is 42.2 Å². The number of hydrogen-bond acceptors (Lipinski definition) is 6. The summed E-state index contributed by atoms with van der Waals surface area (Å²) in [5.74, 6) is -0.479. The molecule has 190 valence electrons. The fourth-order valence-corrected chi connectivity index (χ4v) is 4.04. The van der Waals surface area contributed by atoms with E-state index in [1.807, 2.05) is 73.6 Å². The van der Waals surface area contributed by atoms with Crippen LogP contribution in [-0.4, -0.2) is 67.4 Å². The largest absolute Gasteiger partial charge is 0.494 e. The first kappa shape index (κ1) is 25.7. The molecule has 0 aliphatic heterocycles. The number of ether oxygens (including phenoxy) is 1. The van der Waals surface area contributed by atoms with E-state index in [-0.39, 0.29) is 11.8 Å². The summed E-state index contributed by atoms with van der Waals surface area (Å²) in [6, 6.07) is 22.0. The van der Waals surface area contributed by atoms with Gasteiger partial charge in [-0.2, -0.15) is 0 Å². The van der Waals surface area contributed by atoms with Crippen LogP contribution in [0.5, 0.6) is 5.88 Å². The SMILES string of the molecule is COC(=O)c1ccc2c(C(=Nc3ccc(N(C)C(=O)CCN(C)C)cc3)c3ccccc3)c(O)[nH]c2c1. The molecule has 0 spiro atoms. The Morgan fingerprint density at radius 3 is 2.30 bits per heavy atom. The van der Waals surface area contributed by atoms with Crippen LogP contribution in [0.1, 0.15) is 27.9 Å². The van der Waals surface area contributed by atoms with E-state index < -0.39 is 5.97 Å². The van der Waals surface area contributed by atoms with Crippen molar-refractivity contribution >= 4 is 39.9 Å². The number of nitrogens with one attached hydrogen (secondary N) is 1. The molecule has 0 bridgehead atoms. The fraction of sp³-hybridized carbons (Fsp3) is 0.207. The number of hydrogen-bond donors (Lipinski definition) is 2. The van der Waals surface area contributed by atoms with Gasteiger partial charge >= 0.3 is 5.97 Å². The van der Waals surface area contributed by atoms with Crippen LogP contribution in [0.4, 0.5) is 11.4 Å². The molecule has 1 heterocycles.